The van der Waals surface area contributed by atoms with Crippen molar-refractivity contribution < 1.29 is 4.74 Å². The number of nitrogens with zero attached hydrogens (tertiary/aromatic N) is 3. The third-order valence-corrected chi connectivity index (χ3v) is 4.14. The van der Waals surface area contributed by atoms with Crippen LogP contribution in [0.5, 0.6) is 0 Å². The van der Waals surface area contributed by atoms with Crippen molar-refractivity contribution in [2.45, 2.75) is 39.7 Å². The minimum atomic E-state index is -0.346. The normalized spacial score (nSPS) is 18.6. The first kappa shape index (κ1) is 13.4. The average Bonchev–Trinajstić information content (AvgIpc) is 2.67. The summed E-state index contributed by atoms with van der Waals surface area (Å²) in [6.07, 6.45) is 2.21. The van der Waals surface area contributed by atoms with E-state index < -0.39 is 0 Å². The molecule has 1 fully saturated rings. The maximum absolute atomic E-state index is 9.49. The lowest BCUT2D eigenvalue weighted by Gasteiger charge is -2.30. The molecule has 0 bridgehead atoms. The van der Waals surface area contributed by atoms with E-state index in [0.717, 1.165) is 30.8 Å². The Bertz CT molecular complexity index is 469. The van der Waals surface area contributed by atoms with Crippen LogP contribution in [-0.4, -0.2) is 23.0 Å². The summed E-state index contributed by atoms with van der Waals surface area (Å²) in [5.41, 5.74) is 1.48. The number of nitriles is 1. The number of halogens is 1. The van der Waals surface area contributed by atoms with E-state index in [0.29, 0.717) is 24.7 Å². The highest BCUT2D eigenvalue weighted by atomic mass is 35.5. The smallest absolute Gasteiger partial charge is 0.0847 e. The third-order valence-electron chi connectivity index (χ3n) is 3.65. The average molecular weight is 268 g/mol. The van der Waals surface area contributed by atoms with Gasteiger partial charge in [-0.15, -0.1) is 0 Å². The van der Waals surface area contributed by atoms with E-state index in [1.165, 1.54) is 0 Å². The van der Waals surface area contributed by atoms with Gasteiger partial charge in [0.1, 0.15) is 0 Å². The van der Waals surface area contributed by atoms with Crippen LogP contribution in [0, 0.1) is 23.7 Å². The highest BCUT2D eigenvalue weighted by molar-refractivity contribution is 6.31. The third kappa shape index (κ3) is 2.38. The molecule has 18 heavy (non-hydrogen) atoms. The molecule has 2 heterocycles. The summed E-state index contributed by atoms with van der Waals surface area (Å²) < 4.78 is 7.26. The molecule has 0 unspecified atom stereocenters. The van der Waals surface area contributed by atoms with Gasteiger partial charge in [0.25, 0.3) is 0 Å². The van der Waals surface area contributed by atoms with Crippen LogP contribution in [0.4, 0.5) is 0 Å². The summed E-state index contributed by atoms with van der Waals surface area (Å²) in [6.45, 7) is 6.03. The maximum Gasteiger partial charge on any atom is 0.0847 e. The van der Waals surface area contributed by atoms with Crippen molar-refractivity contribution in [2.75, 3.05) is 13.2 Å². The van der Waals surface area contributed by atoms with E-state index in [-0.39, 0.29) is 5.41 Å². The van der Waals surface area contributed by atoms with Gasteiger partial charge in [0.05, 0.1) is 27.9 Å². The summed E-state index contributed by atoms with van der Waals surface area (Å²) in [5.74, 6) is 0. The van der Waals surface area contributed by atoms with Gasteiger partial charge in [-0.3, -0.25) is 4.68 Å². The van der Waals surface area contributed by atoms with Crippen LogP contribution < -0.4 is 0 Å². The van der Waals surface area contributed by atoms with Crippen LogP contribution in [0.1, 0.15) is 31.2 Å². The second-order valence-corrected chi connectivity index (χ2v) is 5.22. The minimum absolute atomic E-state index is 0.346. The van der Waals surface area contributed by atoms with Crippen molar-refractivity contribution in [3.05, 3.63) is 16.4 Å². The van der Waals surface area contributed by atoms with Crippen molar-refractivity contribution >= 4 is 11.6 Å². The Hall–Kier alpha value is -1.05. The maximum atomic E-state index is 9.49. The van der Waals surface area contributed by atoms with Crippen molar-refractivity contribution in [3.8, 4) is 6.07 Å². The van der Waals surface area contributed by atoms with Gasteiger partial charge in [-0.1, -0.05) is 11.6 Å². The molecule has 0 atom stereocenters. The van der Waals surface area contributed by atoms with Gasteiger partial charge in [-0.25, -0.2) is 0 Å². The Morgan fingerprint density at radius 3 is 2.72 bits per heavy atom. The number of rotatable bonds is 3. The van der Waals surface area contributed by atoms with Crippen LogP contribution in [0.15, 0.2) is 0 Å². The van der Waals surface area contributed by atoms with E-state index in [1.54, 1.807) is 0 Å². The van der Waals surface area contributed by atoms with Crippen LogP contribution in [-0.2, 0) is 17.7 Å². The van der Waals surface area contributed by atoms with Crippen LogP contribution in [0.25, 0.3) is 0 Å². The topological polar surface area (TPSA) is 50.8 Å². The Morgan fingerprint density at radius 2 is 2.17 bits per heavy atom. The fraction of sp³-hybridized carbons (Fsp3) is 0.692. The number of hydrogen-bond donors (Lipinski definition) is 0. The number of aryl methyl sites for hydroxylation is 2. The fourth-order valence-corrected chi connectivity index (χ4v) is 2.65. The monoisotopic (exact) mass is 267 g/mol. The Balaban J connectivity index is 2.30. The lowest BCUT2D eigenvalue weighted by Crippen LogP contribution is -2.31. The summed E-state index contributed by atoms with van der Waals surface area (Å²) in [5, 5.41) is 14.6. The molecule has 0 saturated carbocycles. The lowest BCUT2D eigenvalue weighted by molar-refractivity contribution is 0.0398. The van der Waals surface area contributed by atoms with Crippen molar-refractivity contribution in [2.24, 2.45) is 5.41 Å². The molecule has 1 aliphatic rings. The molecule has 2 rings (SSSR count). The zero-order valence-corrected chi connectivity index (χ0v) is 11.6. The van der Waals surface area contributed by atoms with E-state index in [9.17, 15) is 5.26 Å². The molecule has 0 N–H and O–H groups in total. The van der Waals surface area contributed by atoms with E-state index >= 15 is 0 Å². The Morgan fingerprint density at radius 1 is 1.50 bits per heavy atom. The molecule has 0 aromatic carbocycles. The van der Waals surface area contributed by atoms with E-state index in [1.807, 2.05) is 18.5 Å². The van der Waals surface area contributed by atoms with Gasteiger partial charge in [-0.2, -0.15) is 10.4 Å². The molecule has 1 aliphatic heterocycles. The zero-order valence-electron chi connectivity index (χ0n) is 10.9. The molecular formula is C13H18ClN3O. The second kappa shape index (κ2) is 5.29. The molecule has 0 aliphatic carbocycles. The van der Waals surface area contributed by atoms with Gasteiger partial charge in [0, 0.05) is 26.2 Å². The summed E-state index contributed by atoms with van der Waals surface area (Å²) >= 11 is 6.31. The van der Waals surface area contributed by atoms with Crippen molar-refractivity contribution in [1.29, 1.82) is 5.26 Å². The second-order valence-electron chi connectivity index (χ2n) is 4.84. The number of hydrogen-bond acceptors (Lipinski definition) is 3. The van der Waals surface area contributed by atoms with Crippen LogP contribution >= 0.6 is 11.6 Å². The molecule has 4 nitrogen and oxygen atoms in total. The Kier molecular flexibility index (Phi) is 3.94. The first-order chi connectivity index (χ1) is 8.62. The first-order valence-corrected chi connectivity index (χ1v) is 6.70. The molecule has 1 saturated heterocycles. The zero-order chi connectivity index (χ0) is 13.2. The molecule has 5 heteroatoms. The molecule has 1 aromatic heterocycles. The Labute approximate surface area is 112 Å². The van der Waals surface area contributed by atoms with Crippen LogP contribution in [0.3, 0.4) is 0 Å². The van der Waals surface area contributed by atoms with Gasteiger partial charge in [0.2, 0.25) is 0 Å². The molecule has 0 radical (unpaired) electrons. The molecule has 98 valence electrons. The first-order valence-electron chi connectivity index (χ1n) is 6.32. The fourth-order valence-electron chi connectivity index (χ4n) is 2.45. The standard InChI is InChI=1S/C13H18ClN3O/c1-3-17-11(12(14)10(2)16-17)8-13(9-15)4-6-18-7-5-13/h3-8H2,1-2H3. The summed E-state index contributed by atoms with van der Waals surface area (Å²) in [6, 6.07) is 2.47. The van der Waals surface area contributed by atoms with Crippen LogP contribution in [0.2, 0.25) is 5.02 Å². The SMILES string of the molecule is CCn1nc(C)c(Cl)c1CC1(C#N)CCOCC1. The van der Waals surface area contributed by atoms with E-state index in [4.69, 9.17) is 16.3 Å². The van der Waals surface area contributed by atoms with Gasteiger partial charge < -0.3 is 4.74 Å². The molecular weight excluding hydrogens is 250 g/mol. The number of aromatic nitrogens is 2. The lowest BCUT2D eigenvalue weighted by atomic mass is 9.78. The summed E-state index contributed by atoms with van der Waals surface area (Å²) in [4.78, 5) is 0. The quantitative estimate of drug-likeness (QED) is 0.846. The van der Waals surface area contributed by atoms with Gasteiger partial charge >= 0.3 is 0 Å². The van der Waals surface area contributed by atoms with Crippen molar-refractivity contribution in [3.63, 3.8) is 0 Å². The molecule has 0 spiro atoms. The minimum Gasteiger partial charge on any atom is -0.381 e. The summed E-state index contributed by atoms with van der Waals surface area (Å²) in [7, 11) is 0. The number of ether oxygens (including phenoxy) is 1. The highest BCUT2D eigenvalue weighted by Gasteiger charge is 2.35. The van der Waals surface area contributed by atoms with Crippen molar-refractivity contribution in [1.82, 2.24) is 9.78 Å². The highest BCUT2D eigenvalue weighted by Crippen LogP contribution is 2.36. The predicted molar refractivity (Wildman–Crippen MR) is 69.5 cm³/mol. The van der Waals surface area contributed by atoms with Gasteiger partial charge in [0.15, 0.2) is 0 Å². The van der Waals surface area contributed by atoms with E-state index in [2.05, 4.69) is 11.2 Å². The molecule has 1 aromatic rings. The largest absolute Gasteiger partial charge is 0.381 e. The molecule has 0 amide bonds. The predicted octanol–water partition coefficient (Wildman–Crippen LogP) is 2.73. The van der Waals surface area contributed by atoms with Gasteiger partial charge in [-0.05, 0) is 26.7 Å².